The van der Waals surface area contributed by atoms with Gasteiger partial charge < -0.3 is 19.3 Å². The quantitative estimate of drug-likeness (QED) is 0.844. The summed E-state index contributed by atoms with van der Waals surface area (Å²) in [4.78, 5) is 26.9. The number of hydrogen-bond donors (Lipinski definition) is 0. The van der Waals surface area contributed by atoms with Crippen LogP contribution in [0.25, 0.3) is 0 Å². The molecule has 2 aliphatic rings. The summed E-state index contributed by atoms with van der Waals surface area (Å²) in [6, 6.07) is 5.63. The van der Waals surface area contributed by atoms with Crippen LogP contribution in [0, 0.1) is 0 Å². The number of hydrogen-bond acceptors (Lipinski definition) is 5. The molecule has 2 aliphatic heterocycles. The topological polar surface area (TPSA) is 59.1 Å². The minimum Gasteiger partial charge on any atom is -0.454 e. The molecule has 0 aliphatic carbocycles. The van der Waals surface area contributed by atoms with Gasteiger partial charge in [0.05, 0.1) is 0 Å². The zero-order valence-electron chi connectivity index (χ0n) is 11.7. The van der Waals surface area contributed by atoms with Crippen molar-refractivity contribution in [1.82, 2.24) is 9.80 Å². The number of thioether (sulfide) groups is 1. The van der Waals surface area contributed by atoms with E-state index in [0.717, 1.165) is 17.1 Å². The average molecular weight is 308 g/mol. The predicted octanol–water partition coefficient (Wildman–Crippen LogP) is 1.54. The zero-order chi connectivity index (χ0) is 14.8. The lowest BCUT2D eigenvalue weighted by Gasteiger charge is -2.21. The summed E-state index contributed by atoms with van der Waals surface area (Å²) >= 11 is 1.26. The van der Waals surface area contributed by atoms with Crippen molar-refractivity contribution in [2.45, 2.75) is 6.54 Å². The minimum absolute atomic E-state index is 0.0140. The largest absolute Gasteiger partial charge is 0.454 e. The van der Waals surface area contributed by atoms with Gasteiger partial charge in [0.15, 0.2) is 11.5 Å². The Morgan fingerprint density at radius 3 is 2.95 bits per heavy atom. The lowest BCUT2D eigenvalue weighted by atomic mass is 10.2. The highest BCUT2D eigenvalue weighted by Gasteiger charge is 2.24. The van der Waals surface area contributed by atoms with E-state index in [0.29, 0.717) is 18.8 Å². The fourth-order valence-electron chi connectivity index (χ4n) is 2.25. The second-order valence-corrected chi connectivity index (χ2v) is 6.02. The molecular weight excluding hydrogens is 292 g/mol. The predicted molar refractivity (Wildman–Crippen MR) is 78.5 cm³/mol. The van der Waals surface area contributed by atoms with Crippen LogP contribution in [0.15, 0.2) is 18.2 Å². The van der Waals surface area contributed by atoms with Gasteiger partial charge in [-0.15, -0.1) is 0 Å². The first-order valence-corrected chi connectivity index (χ1v) is 7.66. The Kier molecular flexibility index (Phi) is 3.92. The maximum Gasteiger partial charge on any atom is 0.282 e. The molecule has 1 fully saturated rings. The summed E-state index contributed by atoms with van der Waals surface area (Å²) in [5.41, 5.74) is 0.970. The van der Waals surface area contributed by atoms with Crippen LogP contribution in [-0.2, 0) is 11.3 Å². The Morgan fingerprint density at radius 1 is 1.38 bits per heavy atom. The van der Waals surface area contributed by atoms with Gasteiger partial charge in [0.2, 0.25) is 12.7 Å². The van der Waals surface area contributed by atoms with Crippen molar-refractivity contribution >= 4 is 22.9 Å². The van der Waals surface area contributed by atoms with E-state index in [1.807, 2.05) is 18.2 Å². The standard InChI is InChI=1S/C14H16N2O4S/c1-15(13(17)8-16-4-5-21-14(16)18)7-10-2-3-11-12(6-10)20-9-19-11/h2-3,6H,4-5,7-9H2,1H3. The molecule has 2 heterocycles. The highest BCUT2D eigenvalue weighted by atomic mass is 32.2. The molecule has 0 N–H and O–H groups in total. The van der Waals surface area contributed by atoms with Crippen molar-refractivity contribution in [3.63, 3.8) is 0 Å². The molecule has 0 spiro atoms. The Balaban J connectivity index is 1.59. The van der Waals surface area contributed by atoms with Crippen LogP contribution in [0.5, 0.6) is 11.5 Å². The summed E-state index contributed by atoms with van der Waals surface area (Å²) < 4.78 is 10.6. The number of carbonyl (C=O) groups excluding carboxylic acids is 2. The van der Waals surface area contributed by atoms with Crippen LogP contribution in [0.2, 0.25) is 0 Å². The summed E-state index contributed by atoms with van der Waals surface area (Å²) in [7, 11) is 1.74. The molecule has 1 saturated heterocycles. The van der Waals surface area contributed by atoms with Gasteiger partial charge in [-0.25, -0.2) is 0 Å². The van der Waals surface area contributed by atoms with Gasteiger partial charge in [-0.2, -0.15) is 0 Å². The normalized spacial score (nSPS) is 16.4. The molecule has 3 rings (SSSR count). The monoisotopic (exact) mass is 308 g/mol. The smallest absolute Gasteiger partial charge is 0.282 e. The average Bonchev–Trinajstić information content (AvgIpc) is 3.07. The fourth-order valence-corrected chi connectivity index (χ4v) is 3.08. The van der Waals surface area contributed by atoms with Crippen molar-refractivity contribution in [2.75, 3.05) is 32.7 Å². The minimum atomic E-state index is -0.0662. The van der Waals surface area contributed by atoms with Crippen molar-refractivity contribution in [1.29, 1.82) is 0 Å². The number of nitrogens with zero attached hydrogens (tertiary/aromatic N) is 2. The van der Waals surface area contributed by atoms with Gasteiger partial charge in [0, 0.05) is 25.9 Å². The second kappa shape index (κ2) is 5.85. The molecule has 0 radical (unpaired) electrons. The van der Waals surface area contributed by atoms with Gasteiger partial charge in [0.1, 0.15) is 6.54 Å². The number of fused-ring (bicyclic) bond motifs is 1. The third kappa shape index (κ3) is 3.07. The van der Waals surface area contributed by atoms with E-state index in [1.54, 1.807) is 16.8 Å². The van der Waals surface area contributed by atoms with Crippen LogP contribution in [0.4, 0.5) is 4.79 Å². The molecule has 1 aromatic rings. The Hall–Kier alpha value is -1.89. The van der Waals surface area contributed by atoms with Gasteiger partial charge in [-0.3, -0.25) is 9.59 Å². The van der Waals surface area contributed by atoms with Crippen molar-refractivity contribution < 1.29 is 19.1 Å². The first-order chi connectivity index (χ1) is 10.1. The van der Waals surface area contributed by atoms with E-state index < -0.39 is 0 Å². The van der Waals surface area contributed by atoms with Crippen LogP contribution in [0.3, 0.4) is 0 Å². The van der Waals surface area contributed by atoms with E-state index >= 15 is 0 Å². The molecule has 6 nitrogen and oxygen atoms in total. The summed E-state index contributed by atoms with van der Waals surface area (Å²) in [6.45, 7) is 1.51. The van der Waals surface area contributed by atoms with Crippen molar-refractivity contribution in [3.05, 3.63) is 23.8 Å². The maximum atomic E-state index is 12.1. The lowest BCUT2D eigenvalue weighted by Crippen LogP contribution is -2.38. The van der Waals surface area contributed by atoms with Gasteiger partial charge >= 0.3 is 0 Å². The second-order valence-electron chi connectivity index (χ2n) is 4.97. The number of amides is 2. The molecule has 0 aromatic heterocycles. The maximum absolute atomic E-state index is 12.1. The fraction of sp³-hybridized carbons (Fsp3) is 0.429. The van der Waals surface area contributed by atoms with Gasteiger partial charge in [0.25, 0.3) is 5.24 Å². The van der Waals surface area contributed by atoms with E-state index in [9.17, 15) is 9.59 Å². The van der Waals surface area contributed by atoms with E-state index in [4.69, 9.17) is 9.47 Å². The third-order valence-corrected chi connectivity index (χ3v) is 4.35. The first kappa shape index (κ1) is 14.1. The molecule has 0 atom stereocenters. The number of rotatable bonds is 4. The number of benzene rings is 1. The lowest BCUT2D eigenvalue weighted by molar-refractivity contribution is -0.130. The molecule has 7 heteroatoms. The van der Waals surface area contributed by atoms with Crippen molar-refractivity contribution in [2.24, 2.45) is 0 Å². The number of likely N-dealkylation sites (N-methyl/N-ethyl adjacent to an activating group) is 1. The van der Waals surface area contributed by atoms with Gasteiger partial charge in [-0.1, -0.05) is 17.8 Å². The Bertz CT molecular complexity index is 578. The van der Waals surface area contributed by atoms with Crippen LogP contribution in [-0.4, -0.2) is 53.6 Å². The van der Waals surface area contributed by atoms with E-state index in [2.05, 4.69) is 0 Å². The zero-order valence-corrected chi connectivity index (χ0v) is 12.5. The molecule has 1 aromatic carbocycles. The summed E-state index contributed by atoms with van der Waals surface area (Å²) in [6.07, 6.45) is 0. The van der Waals surface area contributed by atoms with Gasteiger partial charge in [-0.05, 0) is 17.7 Å². The van der Waals surface area contributed by atoms with Crippen molar-refractivity contribution in [3.8, 4) is 11.5 Å². The number of carbonyl (C=O) groups is 2. The summed E-state index contributed by atoms with van der Waals surface area (Å²) in [5, 5.41) is -0.0140. The highest BCUT2D eigenvalue weighted by molar-refractivity contribution is 8.13. The number of ether oxygens (including phenoxy) is 2. The third-order valence-electron chi connectivity index (χ3n) is 3.45. The molecule has 0 bridgehead atoms. The van der Waals surface area contributed by atoms with E-state index in [-0.39, 0.29) is 24.5 Å². The Labute approximate surface area is 127 Å². The molecule has 2 amide bonds. The van der Waals surface area contributed by atoms with Crippen LogP contribution < -0.4 is 9.47 Å². The highest BCUT2D eigenvalue weighted by Crippen LogP contribution is 2.32. The van der Waals surface area contributed by atoms with Crippen LogP contribution in [0.1, 0.15) is 5.56 Å². The molecule has 21 heavy (non-hydrogen) atoms. The molecule has 0 unspecified atom stereocenters. The van der Waals surface area contributed by atoms with Crippen LogP contribution >= 0.6 is 11.8 Å². The molecule has 112 valence electrons. The molecular formula is C14H16N2O4S. The van der Waals surface area contributed by atoms with E-state index in [1.165, 1.54) is 11.8 Å². The molecule has 0 saturated carbocycles. The Morgan fingerprint density at radius 2 is 2.19 bits per heavy atom. The SMILES string of the molecule is CN(Cc1ccc2c(c1)OCO2)C(=O)CN1CCSC1=O. The first-order valence-electron chi connectivity index (χ1n) is 6.67. The summed E-state index contributed by atoms with van der Waals surface area (Å²) in [5.74, 6) is 2.13.